The number of aromatic nitrogens is 1. The monoisotopic (exact) mass is 316 g/mol. The van der Waals surface area contributed by atoms with Crippen molar-refractivity contribution in [2.75, 3.05) is 7.11 Å². The number of nitrogens with zero attached hydrogens (tertiary/aromatic N) is 1. The molecule has 1 N–H and O–H groups in total. The number of methoxy groups -OCH3 is 1. The zero-order chi connectivity index (χ0) is 15.5. The van der Waals surface area contributed by atoms with Gasteiger partial charge in [-0.05, 0) is 48.6 Å². The van der Waals surface area contributed by atoms with E-state index in [0.29, 0.717) is 16.6 Å². The molecule has 114 valence electrons. The van der Waals surface area contributed by atoms with Crippen molar-refractivity contribution < 1.29 is 9.53 Å². The molecule has 0 spiro atoms. The third-order valence-electron chi connectivity index (χ3n) is 3.84. The number of carbonyl (C=O) groups is 1. The Labute approximate surface area is 134 Å². The highest BCUT2D eigenvalue weighted by Gasteiger charge is 2.33. The minimum atomic E-state index is -0.128. The van der Waals surface area contributed by atoms with Crippen molar-refractivity contribution >= 4 is 17.5 Å². The Morgan fingerprint density at radius 2 is 2.00 bits per heavy atom. The van der Waals surface area contributed by atoms with E-state index in [-0.39, 0.29) is 11.9 Å². The Balaban J connectivity index is 1.76. The molecule has 1 aromatic carbocycles. The summed E-state index contributed by atoms with van der Waals surface area (Å²) in [5.74, 6) is 1.18. The first-order valence-corrected chi connectivity index (χ1v) is 7.61. The van der Waals surface area contributed by atoms with Crippen LogP contribution < -0.4 is 10.1 Å². The van der Waals surface area contributed by atoms with Crippen molar-refractivity contribution in [2.45, 2.75) is 18.9 Å². The van der Waals surface area contributed by atoms with Gasteiger partial charge in [-0.15, -0.1) is 0 Å². The minimum absolute atomic E-state index is 0.0223. The Bertz CT molecular complexity index is 651. The van der Waals surface area contributed by atoms with E-state index >= 15 is 0 Å². The lowest BCUT2D eigenvalue weighted by atomic mass is 10.0. The zero-order valence-electron chi connectivity index (χ0n) is 12.3. The summed E-state index contributed by atoms with van der Waals surface area (Å²) < 4.78 is 5.18. The van der Waals surface area contributed by atoms with Gasteiger partial charge < -0.3 is 10.1 Å². The normalized spacial score (nSPS) is 15.2. The first-order chi connectivity index (χ1) is 10.7. The number of carbonyl (C=O) groups excluding carboxylic acids is 1. The maximum Gasteiger partial charge on any atom is 0.253 e. The first kappa shape index (κ1) is 14.9. The summed E-state index contributed by atoms with van der Waals surface area (Å²) in [6.45, 7) is 0. The molecule has 1 aliphatic carbocycles. The van der Waals surface area contributed by atoms with Crippen LogP contribution in [0.4, 0.5) is 0 Å². The average Bonchev–Trinajstić information content (AvgIpc) is 3.38. The fourth-order valence-corrected chi connectivity index (χ4v) is 2.56. The number of halogens is 1. The van der Waals surface area contributed by atoms with Crippen molar-refractivity contribution in [1.29, 1.82) is 0 Å². The lowest BCUT2D eigenvalue weighted by Crippen LogP contribution is -2.29. The smallest absolute Gasteiger partial charge is 0.253 e. The molecule has 3 rings (SSSR count). The standard InChI is InChI=1S/C17H17ClN2O2/c1-22-14-7-4-12(5-8-14)16(11-2-3-11)20-17(21)13-6-9-15(18)19-10-13/h4-11,16H,2-3H2,1H3,(H,20,21). The summed E-state index contributed by atoms with van der Waals surface area (Å²) in [6.07, 6.45) is 3.77. The number of amides is 1. The van der Waals surface area contributed by atoms with Gasteiger partial charge in [0.2, 0.25) is 0 Å². The molecular formula is C17H17ClN2O2. The van der Waals surface area contributed by atoms with E-state index in [9.17, 15) is 4.79 Å². The van der Waals surface area contributed by atoms with Crippen LogP contribution in [0.5, 0.6) is 5.75 Å². The number of hydrogen-bond acceptors (Lipinski definition) is 3. The lowest BCUT2D eigenvalue weighted by molar-refractivity contribution is 0.0931. The summed E-state index contributed by atoms with van der Waals surface area (Å²) in [7, 11) is 1.64. The van der Waals surface area contributed by atoms with E-state index < -0.39 is 0 Å². The summed E-state index contributed by atoms with van der Waals surface area (Å²) in [6, 6.07) is 11.2. The number of benzene rings is 1. The second-order valence-corrected chi connectivity index (χ2v) is 5.82. The number of pyridine rings is 1. The summed E-state index contributed by atoms with van der Waals surface area (Å²) in [4.78, 5) is 16.3. The molecule has 1 heterocycles. The van der Waals surface area contributed by atoms with E-state index in [1.165, 1.54) is 6.20 Å². The molecule has 0 aliphatic heterocycles. The molecule has 1 amide bonds. The topological polar surface area (TPSA) is 51.2 Å². The van der Waals surface area contributed by atoms with Gasteiger partial charge in [0.1, 0.15) is 10.9 Å². The molecule has 1 saturated carbocycles. The molecule has 1 fully saturated rings. The third kappa shape index (κ3) is 3.39. The molecule has 1 aromatic heterocycles. The van der Waals surface area contributed by atoms with Crippen molar-refractivity contribution in [3.05, 3.63) is 58.9 Å². The highest BCUT2D eigenvalue weighted by molar-refractivity contribution is 6.29. The van der Waals surface area contributed by atoms with Crippen LogP contribution in [-0.4, -0.2) is 18.0 Å². The maximum atomic E-state index is 12.4. The van der Waals surface area contributed by atoms with E-state index in [1.807, 2.05) is 24.3 Å². The highest BCUT2D eigenvalue weighted by atomic mass is 35.5. The summed E-state index contributed by atoms with van der Waals surface area (Å²) in [5.41, 5.74) is 1.61. The van der Waals surface area contributed by atoms with Gasteiger partial charge in [-0.25, -0.2) is 4.98 Å². The Hall–Kier alpha value is -2.07. The largest absolute Gasteiger partial charge is 0.497 e. The van der Waals surface area contributed by atoms with Crippen LogP contribution in [0.2, 0.25) is 5.15 Å². The van der Waals surface area contributed by atoms with E-state index in [4.69, 9.17) is 16.3 Å². The molecule has 1 aliphatic rings. The molecule has 22 heavy (non-hydrogen) atoms. The third-order valence-corrected chi connectivity index (χ3v) is 4.07. The minimum Gasteiger partial charge on any atom is -0.497 e. The predicted octanol–water partition coefficient (Wildman–Crippen LogP) is 3.62. The average molecular weight is 317 g/mol. The van der Waals surface area contributed by atoms with Crippen molar-refractivity contribution in [3.63, 3.8) is 0 Å². The van der Waals surface area contributed by atoms with Gasteiger partial charge in [-0.3, -0.25) is 4.79 Å². The molecular weight excluding hydrogens is 300 g/mol. The zero-order valence-corrected chi connectivity index (χ0v) is 13.0. The van der Waals surface area contributed by atoms with Crippen molar-refractivity contribution in [2.24, 2.45) is 5.92 Å². The van der Waals surface area contributed by atoms with Crippen LogP contribution >= 0.6 is 11.6 Å². The van der Waals surface area contributed by atoms with E-state index in [0.717, 1.165) is 24.2 Å². The van der Waals surface area contributed by atoms with Crippen LogP contribution in [0.15, 0.2) is 42.6 Å². The SMILES string of the molecule is COc1ccc(C(NC(=O)c2ccc(Cl)nc2)C2CC2)cc1. The van der Waals surface area contributed by atoms with Crippen LogP contribution in [0.3, 0.4) is 0 Å². The molecule has 1 unspecified atom stereocenters. The summed E-state index contributed by atoms with van der Waals surface area (Å²) >= 11 is 5.75. The molecule has 4 nitrogen and oxygen atoms in total. The Kier molecular flexibility index (Phi) is 4.29. The fourth-order valence-electron chi connectivity index (χ4n) is 2.45. The van der Waals surface area contributed by atoms with Crippen LogP contribution in [0.1, 0.15) is 34.8 Å². The van der Waals surface area contributed by atoms with Crippen LogP contribution in [0, 0.1) is 5.92 Å². The Morgan fingerprint density at radius 1 is 1.27 bits per heavy atom. The first-order valence-electron chi connectivity index (χ1n) is 7.24. The Morgan fingerprint density at radius 3 is 2.55 bits per heavy atom. The molecule has 2 aromatic rings. The lowest BCUT2D eigenvalue weighted by Gasteiger charge is -2.19. The second-order valence-electron chi connectivity index (χ2n) is 5.43. The number of rotatable bonds is 5. The van der Waals surface area contributed by atoms with Crippen LogP contribution in [-0.2, 0) is 0 Å². The molecule has 0 saturated heterocycles. The fraction of sp³-hybridized carbons (Fsp3) is 0.294. The molecule has 0 radical (unpaired) electrons. The van der Waals surface area contributed by atoms with Gasteiger partial charge in [0.05, 0.1) is 18.7 Å². The maximum absolute atomic E-state index is 12.4. The van der Waals surface area contributed by atoms with Gasteiger partial charge in [-0.2, -0.15) is 0 Å². The van der Waals surface area contributed by atoms with Gasteiger partial charge in [0.15, 0.2) is 0 Å². The van der Waals surface area contributed by atoms with Crippen molar-refractivity contribution in [1.82, 2.24) is 10.3 Å². The quantitative estimate of drug-likeness (QED) is 0.857. The van der Waals surface area contributed by atoms with Crippen LogP contribution in [0.25, 0.3) is 0 Å². The predicted molar refractivity (Wildman–Crippen MR) is 85.2 cm³/mol. The van der Waals surface area contributed by atoms with Gasteiger partial charge in [-0.1, -0.05) is 23.7 Å². The molecule has 1 atom stereocenters. The highest BCUT2D eigenvalue weighted by Crippen LogP contribution is 2.41. The number of nitrogens with one attached hydrogen (secondary N) is 1. The van der Waals surface area contributed by atoms with Gasteiger partial charge in [0.25, 0.3) is 5.91 Å². The molecule has 5 heteroatoms. The van der Waals surface area contributed by atoms with Gasteiger partial charge in [0, 0.05) is 6.20 Å². The second kappa shape index (κ2) is 6.36. The van der Waals surface area contributed by atoms with E-state index in [1.54, 1.807) is 19.2 Å². The van der Waals surface area contributed by atoms with E-state index in [2.05, 4.69) is 10.3 Å². The number of ether oxygens (including phenoxy) is 1. The summed E-state index contributed by atoms with van der Waals surface area (Å²) in [5, 5.41) is 3.49. The molecule has 0 bridgehead atoms. The van der Waals surface area contributed by atoms with Crippen molar-refractivity contribution in [3.8, 4) is 5.75 Å². The van der Waals surface area contributed by atoms with Gasteiger partial charge >= 0.3 is 0 Å². The number of hydrogen-bond donors (Lipinski definition) is 1.